The molecule has 3 aromatic heterocycles. The number of anilines is 2. The Kier molecular flexibility index (Phi) is 6.50. The number of rotatable bonds is 1. The highest BCUT2D eigenvalue weighted by atomic mass is 32.1. The molecule has 1 aliphatic carbocycles. The Bertz CT molecular complexity index is 3550. The number of thiophene rings is 1. The van der Waals surface area contributed by atoms with Crippen molar-refractivity contribution in [3.63, 3.8) is 0 Å². The van der Waals surface area contributed by atoms with Crippen LogP contribution in [0.5, 0.6) is 0 Å². The quantitative estimate of drug-likeness (QED) is 0.154. The lowest BCUT2D eigenvalue weighted by Gasteiger charge is -2.41. The maximum absolute atomic E-state index is 6.63. The Balaban J connectivity index is 1.20. The van der Waals surface area contributed by atoms with Crippen LogP contribution >= 0.6 is 11.3 Å². The lowest BCUT2D eigenvalue weighted by Crippen LogP contribution is -2.59. The molecule has 290 valence electrons. The highest BCUT2D eigenvalue weighted by Gasteiger charge is 2.47. The molecule has 0 saturated heterocycles. The third-order valence-corrected chi connectivity index (χ3v) is 15.5. The highest BCUT2D eigenvalue weighted by Crippen LogP contribution is 2.55. The maximum atomic E-state index is 6.63. The molecule has 0 amide bonds. The van der Waals surface area contributed by atoms with Crippen LogP contribution in [0.3, 0.4) is 0 Å². The van der Waals surface area contributed by atoms with E-state index in [4.69, 9.17) is 4.42 Å². The van der Waals surface area contributed by atoms with Gasteiger partial charge in [-0.15, -0.1) is 11.3 Å². The Labute approximate surface area is 355 Å². The third-order valence-electron chi connectivity index (χ3n) is 14.3. The molecule has 0 fully saturated rings. The van der Waals surface area contributed by atoms with Crippen LogP contribution in [0.1, 0.15) is 77.6 Å². The van der Waals surface area contributed by atoms with Crippen molar-refractivity contribution in [2.45, 2.75) is 71.6 Å². The fraction of sp³-hybridized carbons (Fsp3) is 0.200. The van der Waals surface area contributed by atoms with Gasteiger partial charge in [-0.25, -0.2) is 0 Å². The molecule has 0 saturated carbocycles. The van der Waals surface area contributed by atoms with Crippen LogP contribution in [0.2, 0.25) is 0 Å². The van der Waals surface area contributed by atoms with Crippen LogP contribution in [0.4, 0.5) is 11.4 Å². The molecule has 3 nitrogen and oxygen atoms in total. The molecule has 3 aliphatic rings. The van der Waals surface area contributed by atoms with Gasteiger partial charge in [-0.1, -0.05) is 128 Å². The first-order valence-electron chi connectivity index (χ1n) is 21.5. The van der Waals surface area contributed by atoms with E-state index in [1.165, 1.54) is 109 Å². The van der Waals surface area contributed by atoms with E-state index in [1.807, 2.05) is 11.3 Å². The molecule has 5 heteroatoms. The largest absolute Gasteiger partial charge is 0.456 e. The van der Waals surface area contributed by atoms with Gasteiger partial charge in [0, 0.05) is 64.8 Å². The average Bonchev–Trinajstić information content (AvgIpc) is 3.95. The molecule has 2 aliphatic heterocycles. The Morgan fingerprint density at radius 1 is 0.567 bits per heavy atom. The van der Waals surface area contributed by atoms with E-state index in [0.717, 1.165) is 16.6 Å². The van der Waals surface area contributed by atoms with E-state index < -0.39 is 0 Å². The Morgan fingerprint density at radius 3 is 2.12 bits per heavy atom. The second-order valence-electron chi connectivity index (χ2n) is 20.2. The lowest BCUT2D eigenvalue weighted by molar-refractivity contribution is 0.590. The summed E-state index contributed by atoms with van der Waals surface area (Å²) in [5.74, 6) is 0. The van der Waals surface area contributed by atoms with E-state index in [1.54, 1.807) is 0 Å². The first-order valence-corrected chi connectivity index (χ1v) is 22.3. The summed E-state index contributed by atoms with van der Waals surface area (Å²) in [7, 11) is 0. The van der Waals surface area contributed by atoms with Gasteiger partial charge >= 0.3 is 6.85 Å². The molecule has 0 N–H and O–H groups in total. The molecule has 13 rings (SSSR count). The zero-order valence-corrected chi connectivity index (χ0v) is 36.2. The van der Waals surface area contributed by atoms with Crippen LogP contribution in [-0.4, -0.2) is 11.4 Å². The Morgan fingerprint density at radius 2 is 1.32 bits per heavy atom. The van der Waals surface area contributed by atoms with E-state index in [0.29, 0.717) is 0 Å². The molecule has 0 spiro atoms. The van der Waals surface area contributed by atoms with Gasteiger partial charge in [-0.05, 0) is 104 Å². The fourth-order valence-corrected chi connectivity index (χ4v) is 12.4. The van der Waals surface area contributed by atoms with E-state index >= 15 is 0 Å². The SMILES string of the molecule is CC(C)(C)c1ccc(N2B3c4sc5ccc(C(C)(C)C)cc5c4-n4c5cc6oc7ccccc7c6cc5c5ccc(c3c54)-c3cc4c(cc32)-c2ccccc2C4(C)C)cc1. The second kappa shape index (κ2) is 11.2. The van der Waals surface area contributed by atoms with Crippen LogP contribution < -0.4 is 15.1 Å². The van der Waals surface area contributed by atoms with Gasteiger partial charge in [0.05, 0.1) is 16.7 Å². The molecular weight excluding hydrogens is 747 g/mol. The molecule has 0 atom stereocenters. The average molecular weight is 793 g/mol. The van der Waals surface area contributed by atoms with Crippen LogP contribution in [0.15, 0.2) is 132 Å². The minimum absolute atomic E-state index is 0.00628. The zero-order chi connectivity index (χ0) is 40.8. The van der Waals surface area contributed by atoms with Crippen LogP contribution in [0.25, 0.3) is 81.8 Å². The predicted octanol–water partition coefficient (Wildman–Crippen LogP) is 14.0. The van der Waals surface area contributed by atoms with Gasteiger partial charge in [0.1, 0.15) is 11.2 Å². The minimum Gasteiger partial charge on any atom is -0.456 e. The van der Waals surface area contributed by atoms with E-state index in [9.17, 15) is 0 Å². The highest BCUT2D eigenvalue weighted by molar-refractivity contribution is 7.32. The number of hydrogen-bond donors (Lipinski definition) is 0. The summed E-state index contributed by atoms with van der Waals surface area (Å²) in [5, 5.41) is 6.20. The summed E-state index contributed by atoms with van der Waals surface area (Å²) in [6.07, 6.45) is 0. The van der Waals surface area contributed by atoms with Crippen molar-refractivity contribution in [2.75, 3.05) is 4.81 Å². The molecule has 0 radical (unpaired) electrons. The number of benzene rings is 7. The number of para-hydroxylation sites is 1. The number of hydrogen-bond acceptors (Lipinski definition) is 3. The Hall–Kier alpha value is -6.04. The summed E-state index contributed by atoms with van der Waals surface area (Å²) in [5.41, 5.74) is 20.3. The predicted molar refractivity (Wildman–Crippen MR) is 257 cm³/mol. The number of aromatic nitrogens is 1. The number of furan rings is 1. The smallest absolute Gasteiger partial charge is 0.343 e. The van der Waals surface area contributed by atoms with E-state index in [-0.39, 0.29) is 23.1 Å². The lowest BCUT2D eigenvalue weighted by atomic mass is 9.47. The van der Waals surface area contributed by atoms with Crippen LogP contribution in [-0.2, 0) is 16.2 Å². The first-order chi connectivity index (χ1) is 28.8. The van der Waals surface area contributed by atoms with Crippen molar-refractivity contribution < 1.29 is 4.42 Å². The normalized spacial score (nSPS) is 15.1. The molecular formula is C55H45BN2OS. The summed E-state index contributed by atoms with van der Waals surface area (Å²) < 4.78 is 12.0. The standard InChI is InChI=1S/C55H45BN2OS/c1-53(2,3)30-17-20-32(21-18-30)58-45-28-37-33-13-9-11-15-42(33)55(7,8)43(37)27-39(45)35-22-23-36-38-26-40-34-14-10-12-16-46(34)59-47(40)29-44(38)57-50(36)49(35)56(58)52-51(57)41-25-31(54(4,5)6)19-24-48(41)60-52/h9-29H,1-8H3. The van der Waals surface area contributed by atoms with E-state index in [2.05, 4.69) is 192 Å². The minimum atomic E-state index is -0.118. The zero-order valence-electron chi connectivity index (χ0n) is 35.4. The van der Waals surface area contributed by atoms with Gasteiger partial charge in [-0.3, -0.25) is 0 Å². The summed E-state index contributed by atoms with van der Waals surface area (Å²) in [6.45, 7) is 18.7. The summed E-state index contributed by atoms with van der Waals surface area (Å²) >= 11 is 1.97. The monoisotopic (exact) mass is 792 g/mol. The van der Waals surface area contributed by atoms with Crippen LogP contribution in [0, 0.1) is 0 Å². The van der Waals surface area contributed by atoms with Crippen molar-refractivity contribution in [3.8, 4) is 27.9 Å². The van der Waals surface area contributed by atoms with Crippen molar-refractivity contribution >= 4 is 93.6 Å². The first kappa shape index (κ1) is 34.8. The molecule has 60 heavy (non-hydrogen) atoms. The van der Waals surface area contributed by atoms with Gasteiger partial charge in [0.2, 0.25) is 0 Å². The fourth-order valence-electron chi connectivity index (χ4n) is 11.2. The maximum Gasteiger partial charge on any atom is 0.343 e. The summed E-state index contributed by atoms with van der Waals surface area (Å²) in [4.78, 5) is 2.71. The topological polar surface area (TPSA) is 21.3 Å². The van der Waals surface area contributed by atoms with Gasteiger partial charge in [0.15, 0.2) is 0 Å². The third kappa shape index (κ3) is 4.36. The molecule has 7 aromatic carbocycles. The second-order valence-corrected chi connectivity index (χ2v) is 21.2. The summed E-state index contributed by atoms with van der Waals surface area (Å²) in [6, 6.07) is 48.9. The van der Waals surface area contributed by atoms with Crippen molar-refractivity contribution in [1.29, 1.82) is 0 Å². The van der Waals surface area contributed by atoms with Gasteiger partial charge in [-0.2, -0.15) is 0 Å². The molecule has 0 unspecified atom stereocenters. The molecule has 10 aromatic rings. The number of nitrogens with zero attached hydrogens (tertiary/aromatic N) is 2. The van der Waals surface area contributed by atoms with Gasteiger partial charge in [0.25, 0.3) is 0 Å². The molecule has 5 heterocycles. The van der Waals surface area contributed by atoms with Crippen molar-refractivity contribution in [3.05, 3.63) is 150 Å². The van der Waals surface area contributed by atoms with Crippen molar-refractivity contribution in [2.24, 2.45) is 0 Å². The molecule has 0 bridgehead atoms. The van der Waals surface area contributed by atoms with Crippen molar-refractivity contribution in [1.82, 2.24) is 4.57 Å². The number of fused-ring (bicyclic) bond motifs is 16. The van der Waals surface area contributed by atoms with Gasteiger partial charge < -0.3 is 13.8 Å².